The third-order valence-electron chi connectivity index (χ3n) is 4.18. The minimum absolute atomic E-state index is 0.141. The van der Waals surface area contributed by atoms with Gasteiger partial charge in [-0.15, -0.1) is 0 Å². The predicted octanol–water partition coefficient (Wildman–Crippen LogP) is 2.90. The molecule has 1 N–H and O–H groups in total. The fourth-order valence-electron chi connectivity index (χ4n) is 3.65. The van der Waals surface area contributed by atoms with Gasteiger partial charge in [0.05, 0.1) is 0 Å². The van der Waals surface area contributed by atoms with E-state index in [0.717, 1.165) is 12.8 Å². The van der Waals surface area contributed by atoms with Gasteiger partial charge in [0.25, 0.3) is 5.91 Å². The highest BCUT2D eigenvalue weighted by Gasteiger charge is 2.44. The third-order valence-corrected chi connectivity index (χ3v) is 4.18. The Morgan fingerprint density at radius 3 is 2.40 bits per heavy atom. The van der Waals surface area contributed by atoms with Crippen LogP contribution in [-0.2, 0) is 4.79 Å². The Morgan fingerprint density at radius 2 is 1.80 bits per heavy atom. The van der Waals surface area contributed by atoms with Gasteiger partial charge >= 0.3 is 0 Å². The largest absolute Gasteiger partial charge is 0.326 e. The summed E-state index contributed by atoms with van der Waals surface area (Å²) in [7, 11) is 0. The number of nitrogens with zero attached hydrogens (tertiary/aromatic N) is 1. The van der Waals surface area contributed by atoms with E-state index < -0.39 is 5.66 Å². The second-order valence-corrected chi connectivity index (χ2v) is 6.31. The van der Waals surface area contributed by atoms with Crippen LogP contribution < -0.4 is 5.32 Å². The van der Waals surface area contributed by atoms with Gasteiger partial charge in [0.2, 0.25) is 0 Å². The van der Waals surface area contributed by atoms with Crippen molar-refractivity contribution in [3.05, 3.63) is 35.6 Å². The zero-order valence-corrected chi connectivity index (χ0v) is 11.8. The van der Waals surface area contributed by atoms with Crippen LogP contribution in [0, 0.1) is 17.7 Å². The number of carbonyl (C=O) groups is 1. The number of benzene rings is 1. The molecule has 0 bridgehead atoms. The van der Waals surface area contributed by atoms with Crippen LogP contribution in [0.2, 0.25) is 0 Å². The molecule has 0 aromatic heterocycles. The summed E-state index contributed by atoms with van der Waals surface area (Å²) in [6, 6.07) is 5.95. The van der Waals surface area contributed by atoms with Crippen molar-refractivity contribution in [3.63, 3.8) is 0 Å². The Morgan fingerprint density at radius 1 is 1.20 bits per heavy atom. The predicted molar refractivity (Wildman–Crippen MR) is 76.0 cm³/mol. The minimum Gasteiger partial charge on any atom is -0.326 e. The van der Waals surface area contributed by atoms with Crippen LogP contribution in [0.3, 0.4) is 0 Å². The first-order valence-corrected chi connectivity index (χ1v) is 7.16. The summed E-state index contributed by atoms with van der Waals surface area (Å²) in [5.74, 6) is 0.658. The molecule has 4 heteroatoms. The highest BCUT2D eigenvalue weighted by molar-refractivity contribution is 6.46. The number of rotatable bonds is 1. The molecular weight excluding hydrogens is 255 g/mol. The average Bonchev–Trinajstić information content (AvgIpc) is 2.65. The maximum absolute atomic E-state index is 13.0. The van der Waals surface area contributed by atoms with Crippen LogP contribution >= 0.6 is 0 Å². The fourth-order valence-corrected chi connectivity index (χ4v) is 3.65. The van der Waals surface area contributed by atoms with Gasteiger partial charge in [-0.1, -0.05) is 13.8 Å². The lowest BCUT2D eigenvalue weighted by molar-refractivity contribution is -0.115. The van der Waals surface area contributed by atoms with Crippen molar-refractivity contribution >= 4 is 11.6 Å². The van der Waals surface area contributed by atoms with Crippen LogP contribution in [0.25, 0.3) is 0 Å². The summed E-state index contributed by atoms with van der Waals surface area (Å²) in [5, 5.41) is 3.06. The smallest absolute Gasteiger partial charge is 0.272 e. The maximum atomic E-state index is 13.0. The highest BCUT2D eigenvalue weighted by atomic mass is 19.1. The maximum Gasteiger partial charge on any atom is 0.272 e. The zero-order valence-electron chi connectivity index (χ0n) is 11.8. The molecule has 2 unspecified atom stereocenters. The van der Waals surface area contributed by atoms with E-state index in [1.807, 2.05) is 0 Å². The molecule has 3 nitrogen and oxygen atoms in total. The fraction of sp³-hybridized carbons (Fsp3) is 0.500. The Hall–Kier alpha value is -1.71. The second kappa shape index (κ2) is 4.69. The number of amides is 1. The molecular formula is C16H19FN2O. The number of nitrogens with one attached hydrogen (secondary N) is 1. The van der Waals surface area contributed by atoms with E-state index in [4.69, 9.17) is 4.99 Å². The van der Waals surface area contributed by atoms with Crippen LogP contribution in [0.15, 0.2) is 29.3 Å². The van der Waals surface area contributed by atoms with E-state index in [-0.39, 0.29) is 11.7 Å². The van der Waals surface area contributed by atoms with Gasteiger partial charge < -0.3 is 5.32 Å². The average molecular weight is 274 g/mol. The van der Waals surface area contributed by atoms with Gasteiger partial charge in [-0.05, 0) is 55.4 Å². The molecule has 3 rings (SSSR count). The molecule has 106 valence electrons. The molecule has 0 radical (unpaired) electrons. The molecule has 0 saturated heterocycles. The summed E-state index contributed by atoms with van der Waals surface area (Å²) in [4.78, 5) is 16.9. The molecule has 1 aromatic carbocycles. The molecule has 1 spiro atoms. The molecule has 2 atom stereocenters. The van der Waals surface area contributed by atoms with Crippen LogP contribution in [0.4, 0.5) is 4.39 Å². The summed E-state index contributed by atoms with van der Waals surface area (Å²) in [6.07, 6.45) is 2.95. The number of hydrogen-bond acceptors (Lipinski definition) is 2. The lowest BCUT2D eigenvalue weighted by atomic mass is 9.77. The molecule has 1 aromatic rings. The van der Waals surface area contributed by atoms with Crippen molar-refractivity contribution in [2.24, 2.45) is 16.8 Å². The van der Waals surface area contributed by atoms with E-state index >= 15 is 0 Å². The van der Waals surface area contributed by atoms with E-state index in [2.05, 4.69) is 19.2 Å². The van der Waals surface area contributed by atoms with E-state index in [1.54, 1.807) is 12.1 Å². The van der Waals surface area contributed by atoms with Gasteiger partial charge in [-0.3, -0.25) is 9.79 Å². The van der Waals surface area contributed by atoms with Crippen molar-refractivity contribution in [1.29, 1.82) is 0 Å². The zero-order chi connectivity index (χ0) is 14.3. The third kappa shape index (κ3) is 2.35. The normalized spacial score (nSPS) is 33.1. The van der Waals surface area contributed by atoms with Crippen molar-refractivity contribution in [1.82, 2.24) is 5.32 Å². The first kappa shape index (κ1) is 13.3. The molecule has 1 aliphatic heterocycles. The molecule has 1 amide bonds. The van der Waals surface area contributed by atoms with Crippen molar-refractivity contribution in [2.45, 2.75) is 38.8 Å². The van der Waals surface area contributed by atoms with Crippen molar-refractivity contribution in [2.75, 3.05) is 0 Å². The monoisotopic (exact) mass is 274 g/mol. The molecule has 20 heavy (non-hydrogen) atoms. The summed E-state index contributed by atoms with van der Waals surface area (Å²) >= 11 is 0. The molecule has 2 aliphatic rings. The van der Waals surface area contributed by atoms with E-state index in [9.17, 15) is 9.18 Å². The number of carbonyl (C=O) groups excluding carboxylic acids is 1. The van der Waals surface area contributed by atoms with Crippen LogP contribution in [-0.4, -0.2) is 17.3 Å². The first-order valence-electron chi connectivity index (χ1n) is 7.16. The summed E-state index contributed by atoms with van der Waals surface area (Å²) in [6.45, 7) is 4.41. The number of hydrogen-bond donors (Lipinski definition) is 1. The Bertz CT molecular complexity index is 554. The van der Waals surface area contributed by atoms with Crippen molar-refractivity contribution < 1.29 is 9.18 Å². The number of halogens is 1. The molecule has 1 saturated carbocycles. The van der Waals surface area contributed by atoms with Crippen LogP contribution in [0.5, 0.6) is 0 Å². The molecule has 1 aliphatic carbocycles. The number of aliphatic imine (C=N–C) groups is 1. The summed E-state index contributed by atoms with van der Waals surface area (Å²) < 4.78 is 13.0. The summed E-state index contributed by atoms with van der Waals surface area (Å²) in [5.41, 5.74) is 0.677. The topological polar surface area (TPSA) is 41.5 Å². The Balaban J connectivity index is 1.94. The van der Waals surface area contributed by atoms with Gasteiger partial charge in [0.15, 0.2) is 0 Å². The van der Waals surface area contributed by atoms with E-state index in [1.165, 1.54) is 18.6 Å². The Labute approximate surface area is 118 Å². The Kier molecular flexibility index (Phi) is 3.11. The van der Waals surface area contributed by atoms with Gasteiger partial charge in [-0.2, -0.15) is 0 Å². The van der Waals surface area contributed by atoms with Crippen molar-refractivity contribution in [3.8, 4) is 0 Å². The first-order chi connectivity index (χ1) is 9.47. The standard InChI is InChI=1S/C16H19FN2O/c1-10-7-11(2)9-16(8-10)18-14(15(20)19-16)12-3-5-13(17)6-4-12/h3-6,10-11H,7-9H2,1-2H3,(H,19,20). The minimum atomic E-state index is -0.447. The van der Waals surface area contributed by atoms with Gasteiger partial charge in [0.1, 0.15) is 17.2 Å². The lowest BCUT2D eigenvalue weighted by Gasteiger charge is -2.37. The van der Waals surface area contributed by atoms with Gasteiger partial charge in [-0.25, -0.2) is 4.39 Å². The van der Waals surface area contributed by atoms with Gasteiger partial charge in [0, 0.05) is 5.56 Å². The van der Waals surface area contributed by atoms with Crippen LogP contribution in [0.1, 0.15) is 38.7 Å². The molecule has 1 heterocycles. The second-order valence-electron chi connectivity index (χ2n) is 6.31. The highest BCUT2D eigenvalue weighted by Crippen LogP contribution is 2.39. The SMILES string of the molecule is CC1CC(C)CC2(C1)N=C(c1ccc(F)cc1)C(=O)N2. The lowest BCUT2D eigenvalue weighted by Crippen LogP contribution is -2.47. The molecule has 1 fully saturated rings. The quantitative estimate of drug-likeness (QED) is 0.840. The van der Waals surface area contributed by atoms with E-state index in [0.29, 0.717) is 23.1 Å².